The zero-order chi connectivity index (χ0) is 15.6. The third kappa shape index (κ3) is 3.25. The Balaban J connectivity index is 2.36. The second-order valence-corrected chi connectivity index (χ2v) is 6.40. The molecule has 0 unspecified atom stereocenters. The van der Waals surface area contributed by atoms with Crippen LogP contribution in [0.2, 0.25) is 0 Å². The van der Waals surface area contributed by atoms with E-state index in [9.17, 15) is 12.8 Å². The van der Waals surface area contributed by atoms with Gasteiger partial charge in [-0.3, -0.25) is 4.72 Å². The summed E-state index contributed by atoms with van der Waals surface area (Å²) in [5, 5.41) is 0. The average Bonchev–Trinajstić information content (AvgIpc) is 2.86. The van der Waals surface area contributed by atoms with Gasteiger partial charge in [-0.25, -0.2) is 12.8 Å². The van der Waals surface area contributed by atoms with Gasteiger partial charge in [0.05, 0.1) is 5.69 Å². The number of aromatic nitrogens is 1. The van der Waals surface area contributed by atoms with Gasteiger partial charge in [0, 0.05) is 25.0 Å². The van der Waals surface area contributed by atoms with E-state index in [0.29, 0.717) is 17.8 Å². The molecule has 0 saturated heterocycles. The maximum atomic E-state index is 13.1. The fraction of sp³-hybridized carbons (Fsp3) is 0.286. The Morgan fingerprint density at radius 2 is 2.05 bits per heavy atom. The zero-order valence-corrected chi connectivity index (χ0v) is 12.7. The van der Waals surface area contributed by atoms with Crippen molar-refractivity contribution in [1.82, 2.24) is 4.57 Å². The van der Waals surface area contributed by atoms with Crippen molar-refractivity contribution in [3.8, 4) is 0 Å². The van der Waals surface area contributed by atoms with Gasteiger partial charge in [-0.1, -0.05) is 0 Å². The maximum Gasteiger partial charge on any atom is 0.263 e. The molecular weight excluding hydrogens is 293 g/mol. The SMILES string of the molecule is CCn1cc(S(=O)(=O)Nc2ccc(F)cc2C)cc1CN. The van der Waals surface area contributed by atoms with Crippen LogP contribution in [0.4, 0.5) is 10.1 Å². The molecule has 1 aromatic heterocycles. The molecule has 3 N–H and O–H groups in total. The Bertz CT molecular complexity index is 732. The van der Waals surface area contributed by atoms with Gasteiger partial charge in [-0.05, 0) is 43.7 Å². The standard InChI is InChI=1S/C14H18FN3O2S/c1-3-18-9-13(7-12(18)8-16)21(19,20)17-14-5-4-11(15)6-10(14)2/h4-7,9,17H,3,8,16H2,1-2H3. The Labute approximate surface area is 123 Å². The van der Waals surface area contributed by atoms with Crippen LogP contribution in [-0.4, -0.2) is 13.0 Å². The molecule has 114 valence electrons. The highest BCUT2D eigenvalue weighted by Crippen LogP contribution is 2.22. The van der Waals surface area contributed by atoms with Crippen LogP contribution < -0.4 is 10.5 Å². The molecule has 21 heavy (non-hydrogen) atoms. The van der Waals surface area contributed by atoms with Crippen molar-refractivity contribution < 1.29 is 12.8 Å². The highest BCUT2D eigenvalue weighted by molar-refractivity contribution is 7.92. The molecule has 1 aromatic carbocycles. The van der Waals surface area contributed by atoms with Crippen molar-refractivity contribution in [2.24, 2.45) is 5.73 Å². The smallest absolute Gasteiger partial charge is 0.263 e. The lowest BCUT2D eigenvalue weighted by molar-refractivity contribution is 0.600. The van der Waals surface area contributed by atoms with Crippen LogP contribution in [0.5, 0.6) is 0 Å². The molecule has 1 heterocycles. The van der Waals surface area contributed by atoms with Crippen molar-refractivity contribution in [2.45, 2.75) is 31.8 Å². The number of benzene rings is 1. The first-order valence-corrected chi connectivity index (χ1v) is 8.03. The summed E-state index contributed by atoms with van der Waals surface area (Å²) < 4.78 is 42.1. The van der Waals surface area contributed by atoms with Gasteiger partial charge in [0.15, 0.2) is 0 Å². The van der Waals surface area contributed by atoms with E-state index in [1.54, 1.807) is 23.8 Å². The van der Waals surface area contributed by atoms with Crippen LogP contribution >= 0.6 is 0 Å². The zero-order valence-electron chi connectivity index (χ0n) is 11.9. The molecule has 0 fully saturated rings. The summed E-state index contributed by atoms with van der Waals surface area (Å²) >= 11 is 0. The van der Waals surface area contributed by atoms with Gasteiger partial charge in [0.2, 0.25) is 0 Å². The van der Waals surface area contributed by atoms with Gasteiger partial charge in [0.1, 0.15) is 10.7 Å². The van der Waals surface area contributed by atoms with E-state index >= 15 is 0 Å². The average molecular weight is 311 g/mol. The third-order valence-electron chi connectivity index (χ3n) is 3.25. The fourth-order valence-corrected chi connectivity index (χ4v) is 3.28. The van der Waals surface area contributed by atoms with Gasteiger partial charge >= 0.3 is 0 Å². The van der Waals surface area contributed by atoms with Gasteiger partial charge in [-0.2, -0.15) is 0 Å². The summed E-state index contributed by atoms with van der Waals surface area (Å²) in [6.07, 6.45) is 1.55. The largest absolute Gasteiger partial charge is 0.349 e. The quantitative estimate of drug-likeness (QED) is 0.889. The molecule has 0 saturated carbocycles. The number of hydrogen-bond acceptors (Lipinski definition) is 3. The highest BCUT2D eigenvalue weighted by Gasteiger charge is 2.18. The Morgan fingerprint density at radius 3 is 2.57 bits per heavy atom. The fourth-order valence-electron chi connectivity index (χ4n) is 2.08. The molecule has 5 nitrogen and oxygen atoms in total. The molecule has 0 amide bonds. The molecular formula is C14H18FN3O2S. The number of nitrogens with one attached hydrogen (secondary N) is 1. The van der Waals surface area contributed by atoms with E-state index in [1.165, 1.54) is 18.2 Å². The van der Waals surface area contributed by atoms with E-state index < -0.39 is 15.8 Å². The predicted molar refractivity (Wildman–Crippen MR) is 79.9 cm³/mol. The van der Waals surface area contributed by atoms with E-state index in [4.69, 9.17) is 5.73 Å². The number of sulfonamides is 1. The molecule has 0 aliphatic rings. The molecule has 2 rings (SSSR count). The maximum absolute atomic E-state index is 13.1. The summed E-state index contributed by atoms with van der Waals surface area (Å²) in [5.74, 6) is -0.405. The van der Waals surface area contributed by atoms with E-state index in [2.05, 4.69) is 4.72 Å². The van der Waals surface area contributed by atoms with Crippen LogP contribution in [0.15, 0.2) is 35.4 Å². The lowest BCUT2D eigenvalue weighted by atomic mass is 10.2. The predicted octanol–water partition coefficient (Wildman–Crippen LogP) is 2.22. The number of aryl methyl sites for hydroxylation is 2. The van der Waals surface area contributed by atoms with Crippen LogP contribution in [-0.2, 0) is 23.1 Å². The minimum Gasteiger partial charge on any atom is -0.349 e. The summed E-state index contributed by atoms with van der Waals surface area (Å²) in [4.78, 5) is 0.147. The lowest BCUT2D eigenvalue weighted by Gasteiger charge is -2.09. The minimum atomic E-state index is -3.72. The van der Waals surface area contributed by atoms with Crippen molar-refractivity contribution >= 4 is 15.7 Å². The van der Waals surface area contributed by atoms with E-state index in [0.717, 1.165) is 5.69 Å². The van der Waals surface area contributed by atoms with Crippen molar-refractivity contribution in [3.05, 3.63) is 47.5 Å². The van der Waals surface area contributed by atoms with Crippen LogP contribution in [0, 0.1) is 12.7 Å². The van der Waals surface area contributed by atoms with Crippen molar-refractivity contribution in [1.29, 1.82) is 0 Å². The number of halogens is 1. The first-order chi connectivity index (χ1) is 9.87. The summed E-state index contributed by atoms with van der Waals surface area (Å²) in [7, 11) is -3.72. The molecule has 2 aromatic rings. The van der Waals surface area contributed by atoms with Crippen LogP contribution in [0.3, 0.4) is 0 Å². The van der Waals surface area contributed by atoms with E-state index in [-0.39, 0.29) is 11.4 Å². The van der Waals surface area contributed by atoms with Gasteiger partial charge in [0.25, 0.3) is 10.0 Å². The summed E-state index contributed by atoms with van der Waals surface area (Å²) in [5.41, 5.74) is 7.22. The summed E-state index contributed by atoms with van der Waals surface area (Å²) in [6, 6.07) is 5.45. The molecule has 0 spiro atoms. The second-order valence-electron chi connectivity index (χ2n) is 4.72. The van der Waals surface area contributed by atoms with E-state index in [1.807, 2.05) is 6.92 Å². The van der Waals surface area contributed by atoms with Crippen molar-refractivity contribution in [3.63, 3.8) is 0 Å². The molecule has 0 aliphatic heterocycles. The lowest BCUT2D eigenvalue weighted by Crippen LogP contribution is -2.13. The van der Waals surface area contributed by atoms with Crippen LogP contribution in [0.25, 0.3) is 0 Å². The first-order valence-electron chi connectivity index (χ1n) is 6.55. The topological polar surface area (TPSA) is 77.1 Å². The molecule has 0 bridgehead atoms. The monoisotopic (exact) mass is 311 g/mol. The third-order valence-corrected chi connectivity index (χ3v) is 4.59. The Morgan fingerprint density at radius 1 is 1.33 bits per heavy atom. The Hall–Kier alpha value is -1.86. The molecule has 0 atom stereocenters. The minimum absolute atomic E-state index is 0.147. The first kappa shape index (κ1) is 15.5. The number of anilines is 1. The molecule has 7 heteroatoms. The number of rotatable bonds is 5. The molecule has 0 aliphatic carbocycles. The number of nitrogens with two attached hydrogens (primary N) is 1. The highest BCUT2D eigenvalue weighted by atomic mass is 32.2. The normalized spacial score (nSPS) is 11.6. The summed E-state index contributed by atoms with van der Waals surface area (Å²) in [6.45, 7) is 4.45. The van der Waals surface area contributed by atoms with Gasteiger partial charge < -0.3 is 10.3 Å². The van der Waals surface area contributed by atoms with Crippen LogP contribution in [0.1, 0.15) is 18.2 Å². The number of nitrogens with zero attached hydrogens (tertiary/aromatic N) is 1. The number of hydrogen-bond donors (Lipinski definition) is 2. The van der Waals surface area contributed by atoms with Gasteiger partial charge in [-0.15, -0.1) is 0 Å². The molecule has 0 radical (unpaired) electrons. The Kier molecular flexibility index (Phi) is 4.34. The second kappa shape index (κ2) is 5.87. The van der Waals surface area contributed by atoms with Crippen molar-refractivity contribution in [2.75, 3.05) is 4.72 Å².